The van der Waals surface area contributed by atoms with Crippen LogP contribution in [-0.2, 0) is 10.1 Å². The molecule has 0 bridgehead atoms. The second-order valence-electron chi connectivity index (χ2n) is 5.03. The molecule has 21 heavy (non-hydrogen) atoms. The third-order valence-electron chi connectivity index (χ3n) is 3.26. The van der Waals surface area contributed by atoms with Crippen LogP contribution in [0.3, 0.4) is 0 Å². The summed E-state index contributed by atoms with van der Waals surface area (Å²) >= 11 is 0. The van der Waals surface area contributed by atoms with E-state index in [1.165, 1.54) is 0 Å². The van der Waals surface area contributed by atoms with Crippen molar-refractivity contribution in [3.63, 3.8) is 0 Å². The summed E-state index contributed by atoms with van der Waals surface area (Å²) in [5, 5.41) is 0. The number of ether oxygens (including phenoxy) is 1. The molecule has 0 radical (unpaired) electrons. The van der Waals surface area contributed by atoms with Crippen LogP contribution >= 0.6 is 0 Å². The number of hydrogen-bond acceptors (Lipinski definition) is 5. The lowest BCUT2D eigenvalue weighted by Gasteiger charge is -2.24. The van der Waals surface area contributed by atoms with Crippen LogP contribution in [0.4, 0.5) is 5.69 Å². The fourth-order valence-corrected chi connectivity index (χ4v) is 2.92. The Hall–Kier alpha value is -1.87. The van der Waals surface area contributed by atoms with Gasteiger partial charge in [-0.3, -0.25) is 0 Å². The summed E-state index contributed by atoms with van der Waals surface area (Å²) in [7, 11) is -3.63. The number of rotatable bonds is 5. The van der Waals surface area contributed by atoms with Crippen LogP contribution in [0.2, 0.25) is 0 Å². The van der Waals surface area contributed by atoms with Gasteiger partial charge in [-0.1, -0.05) is 12.0 Å². The summed E-state index contributed by atoms with van der Waals surface area (Å²) < 4.78 is 33.5. The highest BCUT2D eigenvalue weighted by Gasteiger charge is 2.23. The largest absolute Gasteiger partial charge is 0.475 e. The molecule has 0 aliphatic carbocycles. The Labute approximate surface area is 126 Å². The van der Waals surface area contributed by atoms with Gasteiger partial charge in [0.15, 0.2) is 11.5 Å². The van der Waals surface area contributed by atoms with Gasteiger partial charge >= 0.3 is 10.1 Å². The molecule has 1 aromatic rings. The molecule has 0 unspecified atom stereocenters. The van der Waals surface area contributed by atoms with E-state index in [0.29, 0.717) is 5.75 Å². The minimum absolute atomic E-state index is 0.0599. The van der Waals surface area contributed by atoms with Crippen LogP contribution in [0.25, 0.3) is 0 Å². The predicted molar refractivity (Wildman–Crippen MR) is 82.4 cm³/mol. The summed E-state index contributed by atoms with van der Waals surface area (Å²) in [6.45, 7) is 3.84. The maximum atomic E-state index is 11.4. The molecule has 1 heterocycles. The van der Waals surface area contributed by atoms with E-state index in [-0.39, 0.29) is 12.4 Å². The molecule has 0 atom stereocenters. The number of terminal acetylenes is 1. The highest BCUT2D eigenvalue weighted by atomic mass is 32.2. The molecule has 114 valence electrons. The summed E-state index contributed by atoms with van der Waals surface area (Å²) in [6.07, 6.45) is 8.46. The lowest BCUT2D eigenvalue weighted by atomic mass is 10.1. The second kappa shape index (κ2) is 6.27. The van der Waals surface area contributed by atoms with Crippen LogP contribution in [0.1, 0.15) is 18.4 Å². The zero-order valence-electron chi connectivity index (χ0n) is 12.3. The molecule has 1 aliphatic heterocycles. The molecule has 0 spiro atoms. The Morgan fingerprint density at radius 3 is 2.57 bits per heavy atom. The van der Waals surface area contributed by atoms with Crippen LogP contribution < -0.4 is 13.8 Å². The van der Waals surface area contributed by atoms with Crippen molar-refractivity contribution in [1.29, 1.82) is 0 Å². The zero-order chi connectivity index (χ0) is 15.5. The van der Waals surface area contributed by atoms with Crippen molar-refractivity contribution < 1.29 is 17.3 Å². The first-order valence-electron chi connectivity index (χ1n) is 6.76. The molecule has 6 heteroatoms. The Morgan fingerprint density at radius 1 is 1.33 bits per heavy atom. The first kappa shape index (κ1) is 15.5. The number of benzene rings is 1. The van der Waals surface area contributed by atoms with Crippen molar-refractivity contribution in [1.82, 2.24) is 0 Å². The standard InChI is InChI=1S/C15H19NO4S/c1-4-11-19-15-13(20-21(3,17)18)8-7-12(2)14(15)16-9-5-6-10-16/h1,7-8H,5-6,9-11H2,2-3H3. The summed E-state index contributed by atoms with van der Waals surface area (Å²) in [5.41, 5.74) is 1.87. The summed E-state index contributed by atoms with van der Waals surface area (Å²) in [4.78, 5) is 2.18. The Morgan fingerprint density at radius 2 is 2.00 bits per heavy atom. The smallest absolute Gasteiger partial charge is 0.306 e. The SMILES string of the molecule is C#CCOc1c(OS(C)(=O)=O)ccc(C)c1N1CCCC1. The molecule has 0 saturated carbocycles. The van der Waals surface area contributed by atoms with Crippen LogP contribution in [-0.4, -0.2) is 34.4 Å². The number of hydrogen-bond donors (Lipinski definition) is 0. The normalized spacial score (nSPS) is 14.8. The lowest BCUT2D eigenvalue weighted by molar-refractivity contribution is 0.354. The Kier molecular flexibility index (Phi) is 4.63. The van der Waals surface area contributed by atoms with Crippen molar-refractivity contribution in [3.05, 3.63) is 17.7 Å². The highest BCUT2D eigenvalue weighted by molar-refractivity contribution is 7.86. The van der Waals surface area contributed by atoms with E-state index in [1.807, 2.05) is 13.0 Å². The van der Waals surface area contributed by atoms with E-state index in [0.717, 1.165) is 43.4 Å². The molecule has 0 aromatic heterocycles. The molecule has 0 N–H and O–H groups in total. The fraction of sp³-hybridized carbons (Fsp3) is 0.467. The first-order valence-corrected chi connectivity index (χ1v) is 8.58. The van der Waals surface area contributed by atoms with E-state index >= 15 is 0 Å². The van der Waals surface area contributed by atoms with Gasteiger partial charge in [-0.25, -0.2) is 0 Å². The van der Waals surface area contributed by atoms with Crippen molar-refractivity contribution in [2.45, 2.75) is 19.8 Å². The molecule has 2 rings (SSSR count). The summed E-state index contributed by atoms with van der Waals surface area (Å²) in [5.74, 6) is 2.98. The van der Waals surface area contributed by atoms with Crippen LogP contribution in [0, 0.1) is 19.3 Å². The average molecular weight is 309 g/mol. The van der Waals surface area contributed by atoms with Gasteiger partial charge in [-0.05, 0) is 31.4 Å². The van der Waals surface area contributed by atoms with Crippen LogP contribution in [0.15, 0.2) is 12.1 Å². The van der Waals surface area contributed by atoms with E-state index in [1.54, 1.807) is 6.07 Å². The van der Waals surface area contributed by atoms with Gasteiger partial charge in [0.1, 0.15) is 6.61 Å². The van der Waals surface area contributed by atoms with Gasteiger partial charge in [0.25, 0.3) is 0 Å². The average Bonchev–Trinajstić information content (AvgIpc) is 2.91. The van der Waals surface area contributed by atoms with E-state index in [4.69, 9.17) is 15.3 Å². The van der Waals surface area contributed by atoms with Crippen LogP contribution in [0.5, 0.6) is 11.5 Å². The second-order valence-corrected chi connectivity index (χ2v) is 6.61. The van der Waals surface area contributed by atoms with Gasteiger partial charge in [0, 0.05) is 13.1 Å². The van der Waals surface area contributed by atoms with Crippen molar-refractivity contribution in [2.75, 3.05) is 30.9 Å². The first-order chi connectivity index (χ1) is 9.92. The third-order valence-corrected chi connectivity index (χ3v) is 3.74. The monoisotopic (exact) mass is 309 g/mol. The Bertz CT molecular complexity index is 655. The maximum absolute atomic E-state index is 11.4. The number of anilines is 1. The predicted octanol–water partition coefficient (Wildman–Crippen LogP) is 1.95. The van der Waals surface area contributed by atoms with E-state index in [9.17, 15) is 8.42 Å². The van der Waals surface area contributed by atoms with Crippen molar-refractivity contribution in [3.8, 4) is 23.8 Å². The third kappa shape index (κ3) is 3.82. The van der Waals surface area contributed by atoms with Gasteiger partial charge in [-0.2, -0.15) is 8.42 Å². The van der Waals surface area contributed by atoms with E-state index in [2.05, 4.69) is 10.8 Å². The van der Waals surface area contributed by atoms with Crippen molar-refractivity contribution >= 4 is 15.8 Å². The van der Waals surface area contributed by atoms with Gasteiger partial charge < -0.3 is 13.8 Å². The number of aryl methyl sites for hydroxylation is 1. The quantitative estimate of drug-likeness (QED) is 0.614. The zero-order valence-corrected chi connectivity index (χ0v) is 13.1. The van der Waals surface area contributed by atoms with Gasteiger partial charge in [0.05, 0.1) is 11.9 Å². The van der Waals surface area contributed by atoms with Gasteiger partial charge in [-0.15, -0.1) is 6.42 Å². The molecule has 1 fully saturated rings. The molecule has 1 saturated heterocycles. The fourth-order valence-electron chi connectivity index (χ4n) is 2.47. The molecule has 1 aromatic carbocycles. The highest BCUT2D eigenvalue weighted by Crippen LogP contribution is 2.42. The topological polar surface area (TPSA) is 55.8 Å². The minimum Gasteiger partial charge on any atom is -0.475 e. The van der Waals surface area contributed by atoms with E-state index < -0.39 is 10.1 Å². The Balaban J connectivity index is 2.49. The minimum atomic E-state index is -3.63. The molecular weight excluding hydrogens is 290 g/mol. The molecule has 1 aliphatic rings. The summed E-state index contributed by atoms with van der Waals surface area (Å²) in [6, 6.07) is 3.43. The lowest BCUT2D eigenvalue weighted by Crippen LogP contribution is -2.20. The van der Waals surface area contributed by atoms with Gasteiger partial charge in [0.2, 0.25) is 0 Å². The molecule has 5 nitrogen and oxygen atoms in total. The molecule has 0 amide bonds. The molecular formula is C15H19NO4S. The number of nitrogens with zero attached hydrogens (tertiary/aromatic N) is 1. The van der Waals surface area contributed by atoms with Crippen molar-refractivity contribution in [2.24, 2.45) is 0 Å². The maximum Gasteiger partial charge on any atom is 0.306 e.